The van der Waals surface area contributed by atoms with Gasteiger partial charge in [-0.1, -0.05) is 16.9 Å². The highest BCUT2D eigenvalue weighted by Gasteiger charge is 2.08. The molecule has 0 unspecified atom stereocenters. The number of aromatic nitrogens is 3. The Bertz CT molecular complexity index is 520. The molecule has 0 aliphatic heterocycles. The summed E-state index contributed by atoms with van der Waals surface area (Å²) in [6.07, 6.45) is 3.42. The molecule has 0 fully saturated rings. The maximum absolute atomic E-state index is 10.5. The molecule has 2 aromatic heterocycles. The van der Waals surface area contributed by atoms with Crippen LogP contribution in [0.15, 0.2) is 28.1 Å². The van der Waals surface area contributed by atoms with E-state index in [9.17, 15) is 4.79 Å². The van der Waals surface area contributed by atoms with E-state index in [4.69, 9.17) is 9.63 Å². The summed E-state index contributed by atoms with van der Waals surface area (Å²) in [5.41, 5.74) is 0.790. The molecular formula is C10H11N3O3S. The summed E-state index contributed by atoms with van der Waals surface area (Å²) in [5.74, 6) is -0.115. The van der Waals surface area contributed by atoms with Crippen LogP contribution in [-0.4, -0.2) is 31.5 Å². The molecule has 0 spiro atoms. The zero-order valence-corrected chi connectivity index (χ0v) is 9.98. The van der Waals surface area contributed by atoms with Crippen LogP contribution >= 0.6 is 11.8 Å². The normalized spacial score (nSPS) is 10.6. The third-order valence-electron chi connectivity index (χ3n) is 2.01. The van der Waals surface area contributed by atoms with Crippen molar-refractivity contribution in [1.82, 2.24) is 14.7 Å². The number of carboxylic acid groups (broad SMARTS) is 1. The van der Waals surface area contributed by atoms with Gasteiger partial charge in [0.15, 0.2) is 5.16 Å². The third kappa shape index (κ3) is 3.10. The largest absolute Gasteiger partial charge is 0.481 e. The van der Waals surface area contributed by atoms with Crippen molar-refractivity contribution in [2.75, 3.05) is 5.75 Å². The fraction of sp³-hybridized carbons (Fsp3) is 0.300. The first-order chi connectivity index (χ1) is 8.15. The van der Waals surface area contributed by atoms with E-state index < -0.39 is 5.97 Å². The van der Waals surface area contributed by atoms with E-state index >= 15 is 0 Å². The smallest absolute Gasteiger partial charge is 0.313 e. The third-order valence-corrected chi connectivity index (χ3v) is 3.00. The number of nitrogens with zero attached hydrogens (tertiary/aromatic N) is 3. The van der Waals surface area contributed by atoms with Crippen molar-refractivity contribution in [3.05, 3.63) is 29.9 Å². The highest BCUT2D eigenvalue weighted by atomic mass is 32.2. The van der Waals surface area contributed by atoms with E-state index in [2.05, 4.69) is 10.1 Å². The molecule has 1 N–H and O–H groups in total. The lowest BCUT2D eigenvalue weighted by Crippen LogP contribution is -2.03. The van der Waals surface area contributed by atoms with E-state index in [1.165, 1.54) is 11.8 Å². The number of aryl methyl sites for hydroxylation is 1. The van der Waals surface area contributed by atoms with Crippen LogP contribution in [-0.2, 0) is 11.3 Å². The van der Waals surface area contributed by atoms with Crippen molar-refractivity contribution in [2.24, 2.45) is 0 Å². The van der Waals surface area contributed by atoms with E-state index in [1.807, 2.05) is 17.6 Å². The van der Waals surface area contributed by atoms with Gasteiger partial charge in [0.25, 0.3) is 0 Å². The number of hydrogen-bond acceptors (Lipinski definition) is 5. The fourth-order valence-electron chi connectivity index (χ4n) is 1.35. The molecule has 0 aromatic carbocycles. The molecule has 7 heteroatoms. The molecule has 2 aromatic rings. The molecule has 0 saturated heterocycles. The summed E-state index contributed by atoms with van der Waals surface area (Å²) >= 11 is 1.18. The Labute approximate surface area is 102 Å². The average Bonchev–Trinajstić information content (AvgIpc) is 2.86. The van der Waals surface area contributed by atoms with Crippen molar-refractivity contribution in [3.8, 4) is 0 Å². The van der Waals surface area contributed by atoms with Gasteiger partial charge in [0.1, 0.15) is 11.5 Å². The summed E-state index contributed by atoms with van der Waals surface area (Å²) in [7, 11) is 0. The number of hydrogen-bond donors (Lipinski definition) is 1. The van der Waals surface area contributed by atoms with Crippen LogP contribution in [0.2, 0.25) is 0 Å². The van der Waals surface area contributed by atoms with Crippen LogP contribution in [0.25, 0.3) is 0 Å². The molecule has 0 aliphatic rings. The van der Waals surface area contributed by atoms with Crippen LogP contribution in [0.5, 0.6) is 0 Å². The van der Waals surface area contributed by atoms with E-state index in [0.717, 1.165) is 11.5 Å². The van der Waals surface area contributed by atoms with Gasteiger partial charge in [-0.05, 0) is 6.92 Å². The summed E-state index contributed by atoms with van der Waals surface area (Å²) < 4.78 is 6.80. The van der Waals surface area contributed by atoms with Crippen molar-refractivity contribution in [3.63, 3.8) is 0 Å². The van der Waals surface area contributed by atoms with E-state index in [1.54, 1.807) is 12.4 Å². The maximum Gasteiger partial charge on any atom is 0.313 e. The first kappa shape index (κ1) is 11.7. The number of thioether (sulfide) groups is 1. The van der Waals surface area contributed by atoms with Gasteiger partial charge in [-0.25, -0.2) is 4.98 Å². The summed E-state index contributed by atoms with van der Waals surface area (Å²) in [6, 6.07) is 1.84. The number of aliphatic carboxylic acids is 1. The molecule has 0 bridgehead atoms. The van der Waals surface area contributed by atoms with Gasteiger partial charge in [-0.2, -0.15) is 0 Å². The second-order valence-electron chi connectivity index (χ2n) is 3.45. The standard InChI is InChI=1S/C10H11N3O3S/c1-7-4-8(12-16-7)5-13-3-2-11-10(13)17-6-9(14)15/h2-4H,5-6H2,1H3,(H,14,15). The van der Waals surface area contributed by atoms with Crippen LogP contribution in [0.4, 0.5) is 0 Å². The molecule has 0 aliphatic carbocycles. The Morgan fingerprint density at radius 1 is 1.65 bits per heavy atom. The predicted octanol–water partition coefficient (Wildman–Crippen LogP) is 1.40. The lowest BCUT2D eigenvalue weighted by molar-refractivity contribution is -0.133. The molecule has 0 atom stereocenters. The van der Waals surface area contributed by atoms with Crippen LogP contribution in [0.3, 0.4) is 0 Å². The van der Waals surface area contributed by atoms with Gasteiger partial charge >= 0.3 is 5.97 Å². The van der Waals surface area contributed by atoms with Crippen molar-refractivity contribution in [2.45, 2.75) is 18.6 Å². The summed E-state index contributed by atoms with van der Waals surface area (Å²) in [6.45, 7) is 2.35. The van der Waals surface area contributed by atoms with E-state index in [-0.39, 0.29) is 5.75 Å². The fourth-order valence-corrected chi connectivity index (χ4v) is 2.03. The van der Waals surface area contributed by atoms with Crippen LogP contribution < -0.4 is 0 Å². The van der Waals surface area contributed by atoms with Crippen LogP contribution in [0, 0.1) is 6.92 Å². The number of carboxylic acids is 1. The SMILES string of the molecule is Cc1cc(Cn2ccnc2SCC(=O)O)no1. The number of imidazole rings is 1. The van der Waals surface area contributed by atoms with Crippen molar-refractivity contribution >= 4 is 17.7 Å². The zero-order valence-electron chi connectivity index (χ0n) is 9.16. The summed E-state index contributed by atoms with van der Waals surface area (Å²) in [4.78, 5) is 14.6. The molecule has 0 amide bonds. The lowest BCUT2D eigenvalue weighted by atomic mass is 10.4. The molecule has 17 heavy (non-hydrogen) atoms. The topological polar surface area (TPSA) is 81.2 Å². The minimum atomic E-state index is -0.859. The zero-order chi connectivity index (χ0) is 12.3. The predicted molar refractivity (Wildman–Crippen MR) is 60.9 cm³/mol. The first-order valence-corrected chi connectivity index (χ1v) is 5.91. The number of carbonyl (C=O) groups is 1. The Hall–Kier alpha value is -1.76. The quantitative estimate of drug-likeness (QED) is 0.811. The highest BCUT2D eigenvalue weighted by molar-refractivity contribution is 7.99. The Morgan fingerprint density at radius 3 is 3.12 bits per heavy atom. The highest BCUT2D eigenvalue weighted by Crippen LogP contribution is 2.16. The van der Waals surface area contributed by atoms with Gasteiger partial charge in [0.2, 0.25) is 0 Å². The summed E-state index contributed by atoms with van der Waals surface area (Å²) in [5, 5.41) is 13.1. The van der Waals surface area contributed by atoms with Crippen molar-refractivity contribution in [1.29, 1.82) is 0 Å². The molecule has 90 valence electrons. The lowest BCUT2D eigenvalue weighted by Gasteiger charge is -2.03. The molecule has 2 rings (SSSR count). The van der Waals surface area contributed by atoms with Gasteiger partial charge in [-0.15, -0.1) is 0 Å². The minimum absolute atomic E-state index is 0.00510. The Balaban J connectivity index is 2.06. The Morgan fingerprint density at radius 2 is 2.47 bits per heavy atom. The second-order valence-corrected chi connectivity index (χ2v) is 4.39. The molecular weight excluding hydrogens is 242 g/mol. The monoisotopic (exact) mass is 253 g/mol. The second kappa shape index (κ2) is 5.05. The van der Waals surface area contributed by atoms with Gasteiger partial charge in [-0.3, -0.25) is 4.79 Å². The molecule has 0 saturated carbocycles. The van der Waals surface area contributed by atoms with Crippen molar-refractivity contribution < 1.29 is 14.4 Å². The van der Waals surface area contributed by atoms with Crippen LogP contribution in [0.1, 0.15) is 11.5 Å². The first-order valence-electron chi connectivity index (χ1n) is 4.93. The van der Waals surface area contributed by atoms with E-state index in [0.29, 0.717) is 11.7 Å². The Kier molecular flexibility index (Phi) is 3.48. The van der Waals surface area contributed by atoms with Gasteiger partial charge < -0.3 is 14.2 Å². The molecule has 2 heterocycles. The minimum Gasteiger partial charge on any atom is -0.481 e. The van der Waals surface area contributed by atoms with Gasteiger partial charge in [0.05, 0.1) is 12.3 Å². The molecule has 6 nitrogen and oxygen atoms in total. The average molecular weight is 253 g/mol. The molecule has 0 radical (unpaired) electrons. The number of rotatable bonds is 5. The van der Waals surface area contributed by atoms with Gasteiger partial charge in [0, 0.05) is 18.5 Å². The maximum atomic E-state index is 10.5.